The van der Waals surface area contributed by atoms with Crippen LogP contribution in [0.4, 0.5) is 0 Å². The predicted molar refractivity (Wildman–Crippen MR) is 107 cm³/mol. The van der Waals surface area contributed by atoms with Crippen molar-refractivity contribution in [3.63, 3.8) is 0 Å². The second kappa shape index (κ2) is 8.50. The van der Waals surface area contributed by atoms with Gasteiger partial charge in [0.25, 0.3) is 0 Å². The summed E-state index contributed by atoms with van der Waals surface area (Å²) in [5, 5.41) is 3.98. The van der Waals surface area contributed by atoms with Gasteiger partial charge in [0.05, 0.1) is 19.4 Å². The number of hydrogen-bond acceptors (Lipinski definition) is 6. The highest BCUT2D eigenvalue weighted by molar-refractivity contribution is 7.88. The number of ether oxygens (including phenoxy) is 2. The van der Waals surface area contributed by atoms with Crippen molar-refractivity contribution in [1.82, 2.24) is 15.0 Å². The summed E-state index contributed by atoms with van der Waals surface area (Å²) in [5.74, 6) is -0.135. The van der Waals surface area contributed by atoms with Crippen LogP contribution in [-0.4, -0.2) is 58.0 Å². The molecule has 0 bridgehead atoms. The van der Waals surface area contributed by atoms with Crippen LogP contribution in [0.2, 0.25) is 0 Å². The van der Waals surface area contributed by atoms with Crippen LogP contribution in [0.5, 0.6) is 5.88 Å². The highest BCUT2D eigenvalue weighted by Gasteiger charge is 2.34. The van der Waals surface area contributed by atoms with Crippen molar-refractivity contribution >= 4 is 26.9 Å². The van der Waals surface area contributed by atoms with E-state index in [0.717, 1.165) is 37.7 Å². The molecule has 1 aliphatic rings. The molecular weight excluding hydrogens is 382 g/mol. The molecule has 0 radical (unpaired) electrons. The van der Waals surface area contributed by atoms with Crippen LogP contribution in [0.1, 0.15) is 30.1 Å². The van der Waals surface area contributed by atoms with E-state index < -0.39 is 28.1 Å². The zero-order valence-corrected chi connectivity index (χ0v) is 17.1. The maximum absolute atomic E-state index is 13.1. The lowest BCUT2D eigenvalue weighted by Gasteiger charge is -2.34. The van der Waals surface area contributed by atoms with Crippen LogP contribution in [0.3, 0.4) is 0 Å². The summed E-state index contributed by atoms with van der Waals surface area (Å²) in [5.41, 5.74) is 1.09. The van der Waals surface area contributed by atoms with E-state index in [0.29, 0.717) is 16.8 Å². The number of aromatic nitrogens is 1. The van der Waals surface area contributed by atoms with Crippen molar-refractivity contribution in [3.8, 4) is 5.88 Å². The van der Waals surface area contributed by atoms with Gasteiger partial charge in [0, 0.05) is 10.9 Å². The Labute approximate surface area is 165 Å². The summed E-state index contributed by atoms with van der Waals surface area (Å²) < 4.78 is 37.3. The average molecular weight is 410 g/mol. The molecule has 2 atom stereocenters. The number of aromatic amines is 1. The highest BCUT2D eigenvalue weighted by Crippen LogP contribution is 2.30. The molecule has 3 rings (SSSR count). The van der Waals surface area contributed by atoms with Crippen LogP contribution in [0.15, 0.2) is 24.3 Å². The fourth-order valence-electron chi connectivity index (χ4n) is 3.84. The Morgan fingerprint density at radius 2 is 1.93 bits per heavy atom. The third-order valence-corrected chi connectivity index (χ3v) is 5.86. The number of sulfonamides is 1. The molecule has 2 heterocycles. The number of rotatable bonds is 7. The first-order valence-electron chi connectivity index (χ1n) is 9.34. The molecule has 0 aliphatic carbocycles. The smallest absolute Gasteiger partial charge is 0.344 e. The van der Waals surface area contributed by atoms with E-state index in [4.69, 9.17) is 9.47 Å². The number of benzene rings is 1. The zero-order valence-electron chi connectivity index (χ0n) is 16.3. The number of carbonyl (C=O) groups is 1. The first-order chi connectivity index (χ1) is 13.3. The molecule has 8 nitrogen and oxygen atoms in total. The SMILES string of the molecule is COc1[nH]c2ccccc2c1C(=O)OC(C1CCNCC1)C(C)NS(C)(=O)=O. The third-order valence-electron chi connectivity index (χ3n) is 5.06. The van der Waals surface area contributed by atoms with Gasteiger partial charge in [-0.2, -0.15) is 0 Å². The van der Waals surface area contributed by atoms with Crippen molar-refractivity contribution in [3.05, 3.63) is 29.8 Å². The Morgan fingerprint density at radius 1 is 1.25 bits per heavy atom. The van der Waals surface area contributed by atoms with Gasteiger partial charge in [0.15, 0.2) is 0 Å². The van der Waals surface area contributed by atoms with Crippen LogP contribution in [0, 0.1) is 5.92 Å². The lowest BCUT2D eigenvalue weighted by Crippen LogP contribution is -2.48. The molecule has 1 saturated heterocycles. The average Bonchev–Trinajstić information content (AvgIpc) is 3.04. The zero-order chi connectivity index (χ0) is 20.3. The Morgan fingerprint density at radius 3 is 2.57 bits per heavy atom. The maximum Gasteiger partial charge on any atom is 0.344 e. The number of piperidine rings is 1. The monoisotopic (exact) mass is 409 g/mol. The van der Waals surface area contributed by atoms with E-state index in [2.05, 4.69) is 15.0 Å². The van der Waals surface area contributed by atoms with Gasteiger partial charge in [-0.15, -0.1) is 0 Å². The van der Waals surface area contributed by atoms with Crippen molar-refractivity contribution in [2.24, 2.45) is 5.92 Å². The second-order valence-electron chi connectivity index (χ2n) is 7.21. The summed E-state index contributed by atoms with van der Waals surface area (Å²) >= 11 is 0. The van der Waals surface area contributed by atoms with Crippen molar-refractivity contribution in [2.45, 2.75) is 31.9 Å². The van der Waals surface area contributed by atoms with Gasteiger partial charge in [-0.3, -0.25) is 0 Å². The van der Waals surface area contributed by atoms with Gasteiger partial charge in [0.1, 0.15) is 11.7 Å². The summed E-state index contributed by atoms with van der Waals surface area (Å²) in [4.78, 5) is 16.2. The Balaban J connectivity index is 1.90. The van der Waals surface area contributed by atoms with Crippen molar-refractivity contribution < 1.29 is 22.7 Å². The molecule has 1 aromatic carbocycles. The molecule has 1 aromatic heterocycles. The number of esters is 1. The number of H-pyrrole nitrogens is 1. The number of methoxy groups -OCH3 is 1. The predicted octanol–water partition coefficient (Wildman–Crippen LogP) is 1.64. The maximum atomic E-state index is 13.1. The van der Waals surface area contributed by atoms with Crippen LogP contribution in [0.25, 0.3) is 10.9 Å². The summed E-state index contributed by atoms with van der Waals surface area (Å²) in [6.45, 7) is 3.34. The first kappa shape index (κ1) is 20.6. The minimum atomic E-state index is -3.43. The second-order valence-corrected chi connectivity index (χ2v) is 8.99. The van der Waals surface area contributed by atoms with Gasteiger partial charge in [-0.25, -0.2) is 17.9 Å². The normalized spacial score (nSPS) is 18.0. The molecule has 2 unspecified atom stereocenters. The quantitative estimate of drug-likeness (QED) is 0.600. The fraction of sp³-hybridized carbons (Fsp3) is 0.526. The Bertz CT molecular complexity index is 934. The van der Waals surface area contributed by atoms with Gasteiger partial charge < -0.3 is 19.8 Å². The molecule has 0 amide bonds. The van der Waals surface area contributed by atoms with Gasteiger partial charge in [0.2, 0.25) is 15.9 Å². The van der Waals surface area contributed by atoms with Crippen molar-refractivity contribution in [2.75, 3.05) is 26.5 Å². The lowest BCUT2D eigenvalue weighted by molar-refractivity contribution is -0.000367. The minimum Gasteiger partial charge on any atom is -0.482 e. The van der Waals surface area contributed by atoms with Gasteiger partial charge in [-0.05, 0) is 44.8 Å². The van der Waals surface area contributed by atoms with Gasteiger partial charge in [-0.1, -0.05) is 18.2 Å². The van der Waals surface area contributed by atoms with E-state index in [-0.39, 0.29) is 5.92 Å². The minimum absolute atomic E-state index is 0.0608. The molecule has 9 heteroatoms. The van der Waals surface area contributed by atoms with E-state index in [1.54, 1.807) is 6.92 Å². The molecule has 28 heavy (non-hydrogen) atoms. The topological polar surface area (TPSA) is 110 Å². The van der Waals surface area contributed by atoms with E-state index in [1.165, 1.54) is 7.11 Å². The molecule has 0 saturated carbocycles. The first-order valence-corrected chi connectivity index (χ1v) is 11.2. The highest BCUT2D eigenvalue weighted by atomic mass is 32.2. The van der Waals surface area contributed by atoms with E-state index >= 15 is 0 Å². The largest absolute Gasteiger partial charge is 0.482 e. The molecule has 1 fully saturated rings. The Kier molecular flexibility index (Phi) is 6.26. The number of nitrogens with one attached hydrogen (secondary N) is 3. The number of hydrogen-bond donors (Lipinski definition) is 3. The summed E-state index contributed by atoms with van der Waals surface area (Å²) in [6.07, 6.45) is 2.13. The molecule has 154 valence electrons. The lowest BCUT2D eigenvalue weighted by atomic mass is 9.88. The number of carbonyl (C=O) groups excluding carboxylic acids is 1. The summed E-state index contributed by atoms with van der Waals surface area (Å²) in [6, 6.07) is 6.83. The van der Waals surface area contributed by atoms with Crippen molar-refractivity contribution in [1.29, 1.82) is 0 Å². The molecule has 1 aliphatic heterocycles. The molecule has 0 spiro atoms. The standard InChI is InChI=1S/C19H27N3O5S/c1-12(22-28(3,24)25)17(13-8-10-20-11-9-13)27-19(23)16-14-6-4-5-7-15(14)21-18(16)26-2/h4-7,12-13,17,20-22H,8-11H2,1-3H3. The molecular formula is C19H27N3O5S. The van der Waals surface area contributed by atoms with Crippen LogP contribution in [-0.2, 0) is 14.8 Å². The molecule has 3 N–H and O–H groups in total. The van der Waals surface area contributed by atoms with Gasteiger partial charge >= 0.3 is 5.97 Å². The summed E-state index contributed by atoms with van der Waals surface area (Å²) in [7, 11) is -1.95. The third kappa shape index (κ3) is 4.65. The van der Waals surface area contributed by atoms with E-state index in [9.17, 15) is 13.2 Å². The molecule has 2 aromatic rings. The number of fused-ring (bicyclic) bond motifs is 1. The van der Waals surface area contributed by atoms with Crippen LogP contribution < -0.4 is 14.8 Å². The fourth-order valence-corrected chi connectivity index (χ4v) is 4.65. The van der Waals surface area contributed by atoms with E-state index in [1.807, 2.05) is 24.3 Å². The number of para-hydroxylation sites is 1. The Hall–Kier alpha value is -2.10. The van der Waals surface area contributed by atoms with Crippen LogP contribution >= 0.6 is 0 Å².